The predicted octanol–water partition coefficient (Wildman–Crippen LogP) is 4.81. The smallest absolute Gasteiger partial charge is 0.121 e. The molecule has 0 aliphatic heterocycles. The van der Waals surface area contributed by atoms with E-state index in [0.717, 1.165) is 22.0 Å². The Balaban J connectivity index is 1.92. The van der Waals surface area contributed by atoms with Gasteiger partial charge in [0.25, 0.3) is 0 Å². The summed E-state index contributed by atoms with van der Waals surface area (Å²) in [5.74, 6) is 0.304. The topological polar surface area (TPSA) is 32.3 Å². The van der Waals surface area contributed by atoms with Crippen LogP contribution in [0.25, 0.3) is 10.8 Å². The molecular formula is C17H14ClNO. The first-order valence-corrected chi connectivity index (χ1v) is 6.81. The molecule has 3 aromatic rings. The molecule has 3 heteroatoms. The molecule has 3 rings (SSSR count). The fourth-order valence-corrected chi connectivity index (χ4v) is 2.49. The number of phenols is 1. The summed E-state index contributed by atoms with van der Waals surface area (Å²) >= 11 is 5.96. The van der Waals surface area contributed by atoms with Gasteiger partial charge in [-0.15, -0.1) is 0 Å². The van der Waals surface area contributed by atoms with Gasteiger partial charge in [-0.2, -0.15) is 0 Å². The van der Waals surface area contributed by atoms with Crippen molar-refractivity contribution in [1.82, 2.24) is 0 Å². The van der Waals surface area contributed by atoms with Gasteiger partial charge >= 0.3 is 0 Å². The van der Waals surface area contributed by atoms with E-state index in [1.807, 2.05) is 54.6 Å². The van der Waals surface area contributed by atoms with E-state index in [1.165, 1.54) is 0 Å². The van der Waals surface area contributed by atoms with Crippen LogP contribution in [-0.2, 0) is 6.54 Å². The second-order valence-electron chi connectivity index (χ2n) is 4.65. The summed E-state index contributed by atoms with van der Waals surface area (Å²) in [7, 11) is 0. The van der Waals surface area contributed by atoms with E-state index in [2.05, 4.69) is 5.32 Å². The SMILES string of the molecule is Oc1ccc2ccccc2c1CNc1cccc(Cl)c1. The van der Waals surface area contributed by atoms with Crippen molar-refractivity contribution in [3.05, 3.63) is 71.2 Å². The predicted molar refractivity (Wildman–Crippen MR) is 84.4 cm³/mol. The number of halogens is 1. The van der Waals surface area contributed by atoms with Gasteiger partial charge in [0.05, 0.1) is 0 Å². The summed E-state index contributed by atoms with van der Waals surface area (Å²) in [6, 6.07) is 19.2. The van der Waals surface area contributed by atoms with Gasteiger partial charge in [0.2, 0.25) is 0 Å². The first-order chi connectivity index (χ1) is 9.74. The molecule has 0 amide bonds. The molecule has 2 N–H and O–H groups in total. The minimum atomic E-state index is 0.304. The van der Waals surface area contributed by atoms with Gasteiger partial charge in [0.15, 0.2) is 0 Å². The van der Waals surface area contributed by atoms with Crippen LogP contribution in [0, 0.1) is 0 Å². The number of fused-ring (bicyclic) bond motifs is 1. The molecule has 0 aliphatic carbocycles. The minimum absolute atomic E-state index is 0.304. The van der Waals surface area contributed by atoms with Crippen molar-refractivity contribution in [2.24, 2.45) is 0 Å². The average molecular weight is 284 g/mol. The summed E-state index contributed by atoms with van der Waals surface area (Å²) < 4.78 is 0. The van der Waals surface area contributed by atoms with Crippen molar-refractivity contribution in [2.45, 2.75) is 6.54 Å². The van der Waals surface area contributed by atoms with Crippen molar-refractivity contribution in [2.75, 3.05) is 5.32 Å². The van der Waals surface area contributed by atoms with Crippen LogP contribution in [0.5, 0.6) is 5.75 Å². The third-order valence-corrected chi connectivity index (χ3v) is 3.54. The molecule has 20 heavy (non-hydrogen) atoms. The second-order valence-corrected chi connectivity index (χ2v) is 5.08. The number of hydrogen-bond donors (Lipinski definition) is 2. The van der Waals surface area contributed by atoms with Crippen LogP contribution in [0.1, 0.15) is 5.56 Å². The van der Waals surface area contributed by atoms with E-state index < -0.39 is 0 Å². The van der Waals surface area contributed by atoms with Crippen molar-refractivity contribution < 1.29 is 5.11 Å². The van der Waals surface area contributed by atoms with Crippen molar-refractivity contribution in [1.29, 1.82) is 0 Å². The monoisotopic (exact) mass is 283 g/mol. The van der Waals surface area contributed by atoms with Crippen LogP contribution >= 0.6 is 11.6 Å². The van der Waals surface area contributed by atoms with Gasteiger partial charge in [0.1, 0.15) is 5.75 Å². The lowest BCUT2D eigenvalue weighted by Crippen LogP contribution is -2.00. The number of nitrogens with one attached hydrogen (secondary N) is 1. The van der Waals surface area contributed by atoms with E-state index in [9.17, 15) is 5.11 Å². The fraction of sp³-hybridized carbons (Fsp3) is 0.0588. The van der Waals surface area contributed by atoms with Crippen LogP contribution in [0.2, 0.25) is 5.02 Å². The van der Waals surface area contributed by atoms with E-state index in [4.69, 9.17) is 11.6 Å². The van der Waals surface area contributed by atoms with Crippen molar-refractivity contribution in [3.63, 3.8) is 0 Å². The lowest BCUT2D eigenvalue weighted by Gasteiger charge is -2.11. The molecule has 0 saturated carbocycles. The Morgan fingerprint density at radius 3 is 2.65 bits per heavy atom. The molecule has 0 fully saturated rings. The number of rotatable bonds is 3. The van der Waals surface area contributed by atoms with E-state index >= 15 is 0 Å². The van der Waals surface area contributed by atoms with Crippen LogP contribution < -0.4 is 5.32 Å². The molecule has 0 bridgehead atoms. The zero-order chi connectivity index (χ0) is 13.9. The van der Waals surface area contributed by atoms with E-state index in [-0.39, 0.29) is 0 Å². The molecule has 0 atom stereocenters. The first kappa shape index (κ1) is 12.8. The summed E-state index contributed by atoms with van der Waals surface area (Å²) in [6.45, 7) is 0.549. The Labute approximate surface area is 122 Å². The van der Waals surface area contributed by atoms with Gasteiger partial charge in [-0.3, -0.25) is 0 Å². The molecule has 0 aliphatic rings. The maximum atomic E-state index is 10.1. The molecular weight excluding hydrogens is 270 g/mol. The first-order valence-electron chi connectivity index (χ1n) is 6.43. The van der Waals surface area contributed by atoms with Crippen LogP contribution in [0.4, 0.5) is 5.69 Å². The van der Waals surface area contributed by atoms with Gasteiger partial charge in [0, 0.05) is 22.8 Å². The Morgan fingerprint density at radius 1 is 0.950 bits per heavy atom. The molecule has 3 aromatic carbocycles. The molecule has 0 heterocycles. The molecule has 0 spiro atoms. The Hall–Kier alpha value is -2.19. The third kappa shape index (κ3) is 2.56. The highest BCUT2D eigenvalue weighted by molar-refractivity contribution is 6.30. The van der Waals surface area contributed by atoms with Gasteiger partial charge < -0.3 is 10.4 Å². The zero-order valence-corrected chi connectivity index (χ0v) is 11.6. The summed E-state index contributed by atoms with van der Waals surface area (Å²) in [5, 5.41) is 16.2. The quantitative estimate of drug-likeness (QED) is 0.723. The molecule has 0 unspecified atom stereocenters. The number of aromatic hydroxyl groups is 1. The largest absolute Gasteiger partial charge is 0.508 e. The Bertz CT molecular complexity index is 755. The highest BCUT2D eigenvalue weighted by Gasteiger charge is 2.06. The van der Waals surface area contributed by atoms with Crippen molar-refractivity contribution >= 4 is 28.1 Å². The molecule has 0 saturated heterocycles. The lowest BCUT2D eigenvalue weighted by atomic mass is 10.0. The number of hydrogen-bond acceptors (Lipinski definition) is 2. The van der Waals surface area contributed by atoms with Gasteiger partial charge in [-0.1, -0.05) is 48.0 Å². The normalized spacial score (nSPS) is 10.7. The number of phenolic OH excluding ortho intramolecular Hbond substituents is 1. The van der Waals surface area contributed by atoms with Gasteiger partial charge in [-0.25, -0.2) is 0 Å². The second kappa shape index (κ2) is 5.43. The van der Waals surface area contributed by atoms with E-state index in [0.29, 0.717) is 17.3 Å². The standard InChI is InChI=1S/C17H14ClNO/c18-13-5-3-6-14(10-13)19-11-16-15-7-2-1-4-12(15)8-9-17(16)20/h1-10,19-20H,11H2. The highest BCUT2D eigenvalue weighted by Crippen LogP contribution is 2.28. The highest BCUT2D eigenvalue weighted by atomic mass is 35.5. The van der Waals surface area contributed by atoms with Crippen LogP contribution in [0.3, 0.4) is 0 Å². The average Bonchev–Trinajstić information content (AvgIpc) is 2.46. The molecule has 0 radical (unpaired) electrons. The van der Waals surface area contributed by atoms with Crippen molar-refractivity contribution in [3.8, 4) is 5.75 Å². The van der Waals surface area contributed by atoms with Crippen LogP contribution in [-0.4, -0.2) is 5.11 Å². The third-order valence-electron chi connectivity index (χ3n) is 3.31. The molecule has 2 nitrogen and oxygen atoms in total. The minimum Gasteiger partial charge on any atom is -0.508 e. The van der Waals surface area contributed by atoms with Crippen LogP contribution in [0.15, 0.2) is 60.7 Å². The lowest BCUT2D eigenvalue weighted by molar-refractivity contribution is 0.470. The zero-order valence-electron chi connectivity index (χ0n) is 10.8. The maximum absolute atomic E-state index is 10.1. The molecule has 100 valence electrons. The maximum Gasteiger partial charge on any atom is 0.121 e. The summed E-state index contributed by atoms with van der Waals surface area (Å²) in [5.41, 5.74) is 1.83. The molecule has 0 aromatic heterocycles. The fourth-order valence-electron chi connectivity index (χ4n) is 2.30. The Kier molecular flexibility index (Phi) is 3.48. The summed E-state index contributed by atoms with van der Waals surface area (Å²) in [6.07, 6.45) is 0. The number of benzene rings is 3. The van der Waals surface area contributed by atoms with Gasteiger partial charge in [-0.05, 0) is 35.0 Å². The van der Waals surface area contributed by atoms with E-state index in [1.54, 1.807) is 6.07 Å². The number of anilines is 1. The Morgan fingerprint density at radius 2 is 1.80 bits per heavy atom. The summed E-state index contributed by atoms with van der Waals surface area (Å²) in [4.78, 5) is 0.